The van der Waals surface area contributed by atoms with Crippen LogP contribution in [0.15, 0.2) is 0 Å². The van der Waals surface area contributed by atoms with Crippen molar-refractivity contribution in [1.82, 2.24) is 10.2 Å². The van der Waals surface area contributed by atoms with Gasteiger partial charge in [0, 0.05) is 6.54 Å². The Morgan fingerprint density at radius 2 is 2.20 bits per heavy atom. The summed E-state index contributed by atoms with van der Waals surface area (Å²) in [6, 6.07) is 0. The van der Waals surface area contributed by atoms with Gasteiger partial charge in [-0.3, -0.25) is 10.2 Å². The molecule has 1 N–H and O–H groups in total. The van der Waals surface area contributed by atoms with Crippen LogP contribution in [0, 0.1) is 0 Å². The van der Waals surface area contributed by atoms with Crippen molar-refractivity contribution in [3.05, 3.63) is 0 Å². The van der Waals surface area contributed by atoms with E-state index in [0.717, 1.165) is 0 Å². The molecular formula is C8H16N2. The fourth-order valence-corrected chi connectivity index (χ4v) is 2.10. The molecule has 1 spiro atoms. The fraction of sp³-hybridized carbons (Fsp3) is 1.00. The summed E-state index contributed by atoms with van der Waals surface area (Å²) in [7, 11) is 2.22. The van der Waals surface area contributed by atoms with E-state index in [-0.39, 0.29) is 0 Å². The van der Waals surface area contributed by atoms with Crippen LogP contribution in [0.1, 0.15) is 25.7 Å². The minimum atomic E-state index is 0.443. The first-order valence-electron chi connectivity index (χ1n) is 4.30. The summed E-state index contributed by atoms with van der Waals surface area (Å²) in [5.74, 6) is 0. The highest BCUT2D eigenvalue weighted by Crippen LogP contribution is 2.33. The molecule has 2 aliphatic heterocycles. The molecule has 0 aromatic rings. The lowest BCUT2D eigenvalue weighted by Crippen LogP contribution is -2.67. The molecular weight excluding hydrogens is 124 g/mol. The Bertz CT molecular complexity index is 127. The highest BCUT2D eigenvalue weighted by molar-refractivity contribution is 4.97. The number of nitrogens with zero attached hydrogens (tertiary/aromatic N) is 1. The van der Waals surface area contributed by atoms with Crippen molar-refractivity contribution in [2.75, 3.05) is 20.1 Å². The van der Waals surface area contributed by atoms with E-state index in [1.807, 2.05) is 0 Å². The quantitative estimate of drug-likeness (QED) is 0.535. The summed E-state index contributed by atoms with van der Waals surface area (Å²) in [4.78, 5) is 2.45. The molecule has 2 heteroatoms. The van der Waals surface area contributed by atoms with Crippen LogP contribution < -0.4 is 5.32 Å². The van der Waals surface area contributed by atoms with Crippen LogP contribution in [0.4, 0.5) is 0 Å². The van der Waals surface area contributed by atoms with Gasteiger partial charge in [-0.05, 0) is 39.3 Å². The second kappa shape index (κ2) is 2.21. The number of hydrogen-bond acceptors (Lipinski definition) is 2. The van der Waals surface area contributed by atoms with Crippen molar-refractivity contribution in [2.24, 2.45) is 0 Å². The third-order valence-electron chi connectivity index (χ3n) is 3.06. The zero-order valence-corrected chi connectivity index (χ0v) is 6.69. The molecule has 2 rings (SSSR count). The third kappa shape index (κ3) is 0.789. The monoisotopic (exact) mass is 140 g/mol. The van der Waals surface area contributed by atoms with Crippen LogP contribution >= 0.6 is 0 Å². The van der Waals surface area contributed by atoms with E-state index < -0.39 is 0 Å². The second-order valence-corrected chi connectivity index (χ2v) is 3.59. The smallest absolute Gasteiger partial charge is 0.0722 e. The topological polar surface area (TPSA) is 15.3 Å². The van der Waals surface area contributed by atoms with E-state index >= 15 is 0 Å². The molecule has 58 valence electrons. The highest BCUT2D eigenvalue weighted by Gasteiger charge is 2.42. The van der Waals surface area contributed by atoms with E-state index in [2.05, 4.69) is 17.3 Å². The van der Waals surface area contributed by atoms with Crippen LogP contribution in [0.3, 0.4) is 0 Å². The molecule has 0 aliphatic carbocycles. The van der Waals surface area contributed by atoms with Crippen molar-refractivity contribution < 1.29 is 0 Å². The fourth-order valence-electron chi connectivity index (χ4n) is 2.10. The van der Waals surface area contributed by atoms with Gasteiger partial charge < -0.3 is 0 Å². The summed E-state index contributed by atoms with van der Waals surface area (Å²) < 4.78 is 0. The third-order valence-corrected chi connectivity index (χ3v) is 3.06. The molecule has 2 aliphatic rings. The lowest BCUT2D eigenvalue weighted by atomic mass is 9.86. The van der Waals surface area contributed by atoms with Gasteiger partial charge in [-0.1, -0.05) is 0 Å². The molecule has 0 amide bonds. The Hall–Kier alpha value is -0.0800. The van der Waals surface area contributed by atoms with Crippen LogP contribution in [0.2, 0.25) is 0 Å². The molecule has 1 unspecified atom stereocenters. The first-order chi connectivity index (χ1) is 4.83. The molecule has 0 radical (unpaired) electrons. The van der Waals surface area contributed by atoms with Gasteiger partial charge in [-0.15, -0.1) is 0 Å². The Labute approximate surface area is 62.6 Å². The Balaban J connectivity index is 1.99. The van der Waals surface area contributed by atoms with Crippen molar-refractivity contribution in [1.29, 1.82) is 0 Å². The van der Waals surface area contributed by atoms with Crippen LogP contribution in [0.25, 0.3) is 0 Å². The largest absolute Gasteiger partial charge is 0.299 e. The average molecular weight is 140 g/mol. The molecule has 2 nitrogen and oxygen atoms in total. The van der Waals surface area contributed by atoms with E-state index in [1.54, 1.807) is 0 Å². The van der Waals surface area contributed by atoms with Gasteiger partial charge in [0.1, 0.15) is 0 Å². The van der Waals surface area contributed by atoms with E-state index in [0.29, 0.717) is 5.66 Å². The molecule has 2 heterocycles. The molecule has 0 bridgehead atoms. The maximum Gasteiger partial charge on any atom is 0.0722 e. The maximum absolute atomic E-state index is 3.61. The Morgan fingerprint density at radius 1 is 1.30 bits per heavy atom. The van der Waals surface area contributed by atoms with Gasteiger partial charge in [0.25, 0.3) is 0 Å². The molecule has 2 fully saturated rings. The highest BCUT2D eigenvalue weighted by atomic mass is 15.4. The van der Waals surface area contributed by atoms with Crippen LogP contribution in [-0.2, 0) is 0 Å². The molecule has 0 aromatic heterocycles. The van der Waals surface area contributed by atoms with Gasteiger partial charge >= 0.3 is 0 Å². The van der Waals surface area contributed by atoms with Crippen molar-refractivity contribution >= 4 is 0 Å². The zero-order chi connectivity index (χ0) is 7.03. The Kier molecular flexibility index (Phi) is 1.46. The summed E-state index contributed by atoms with van der Waals surface area (Å²) in [6.07, 6.45) is 5.51. The predicted octanol–water partition coefficient (Wildman–Crippen LogP) is 0.792. The van der Waals surface area contributed by atoms with E-state index in [1.165, 1.54) is 38.8 Å². The minimum absolute atomic E-state index is 0.443. The van der Waals surface area contributed by atoms with Gasteiger partial charge in [-0.25, -0.2) is 0 Å². The van der Waals surface area contributed by atoms with E-state index in [4.69, 9.17) is 0 Å². The average Bonchev–Trinajstić information content (AvgIpc) is 2.04. The Morgan fingerprint density at radius 3 is 2.50 bits per heavy atom. The van der Waals surface area contributed by atoms with Gasteiger partial charge in [-0.2, -0.15) is 0 Å². The van der Waals surface area contributed by atoms with Crippen LogP contribution in [-0.4, -0.2) is 30.7 Å². The van der Waals surface area contributed by atoms with Crippen molar-refractivity contribution in [3.63, 3.8) is 0 Å². The van der Waals surface area contributed by atoms with E-state index in [9.17, 15) is 0 Å². The second-order valence-electron chi connectivity index (χ2n) is 3.59. The number of hydrogen-bond donors (Lipinski definition) is 1. The summed E-state index contributed by atoms with van der Waals surface area (Å²) in [5, 5.41) is 3.61. The molecule has 10 heavy (non-hydrogen) atoms. The summed E-state index contributed by atoms with van der Waals surface area (Å²) in [6.45, 7) is 2.51. The van der Waals surface area contributed by atoms with Crippen molar-refractivity contribution in [2.45, 2.75) is 31.3 Å². The minimum Gasteiger partial charge on any atom is -0.299 e. The summed E-state index contributed by atoms with van der Waals surface area (Å²) in [5.41, 5.74) is 0.443. The standard InChI is InChI=1S/C8H16N2/c1-10-7-5-8(10)4-2-3-6-9-8/h9H,2-7H2,1H3. The van der Waals surface area contributed by atoms with Crippen molar-refractivity contribution in [3.8, 4) is 0 Å². The molecule has 2 saturated heterocycles. The van der Waals surface area contributed by atoms with Gasteiger partial charge in [0.15, 0.2) is 0 Å². The van der Waals surface area contributed by atoms with Crippen LogP contribution in [0.5, 0.6) is 0 Å². The lowest BCUT2D eigenvalue weighted by molar-refractivity contribution is -0.0394. The molecule has 0 saturated carbocycles. The molecule has 0 aromatic carbocycles. The van der Waals surface area contributed by atoms with Gasteiger partial charge in [0.05, 0.1) is 5.66 Å². The predicted molar refractivity (Wildman–Crippen MR) is 41.8 cm³/mol. The first kappa shape index (κ1) is 6.62. The lowest BCUT2D eigenvalue weighted by Gasteiger charge is -2.53. The number of likely N-dealkylation sites (tertiary alicyclic amines) is 1. The number of rotatable bonds is 0. The van der Waals surface area contributed by atoms with Gasteiger partial charge in [0.2, 0.25) is 0 Å². The number of piperidine rings is 1. The maximum atomic E-state index is 3.61. The molecule has 1 atom stereocenters. The SMILES string of the molecule is CN1CCC12CCCCN2. The normalized spacial score (nSPS) is 41.7. The zero-order valence-electron chi connectivity index (χ0n) is 6.69. The number of nitrogens with one attached hydrogen (secondary N) is 1. The summed E-state index contributed by atoms with van der Waals surface area (Å²) >= 11 is 0. The first-order valence-corrected chi connectivity index (χ1v) is 4.30.